The lowest BCUT2D eigenvalue weighted by Gasteiger charge is -2.19. The van der Waals surface area contributed by atoms with E-state index < -0.39 is 17.7 Å². The van der Waals surface area contributed by atoms with Gasteiger partial charge in [0.25, 0.3) is 0 Å². The van der Waals surface area contributed by atoms with E-state index in [-0.39, 0.29) is 12.2 Å². The lowest BCUT2D eigenvalue weighted by molar-refractivity contribution is 0.0523. The second kappa shape index (κ2) is 7.60. The number of carboxylic acid groups (broad SMARTS) is 1. The Morgan fingerprint density at radius 1 is 1.32 bits per heavy atom. The molecule has 0 atom stereocenters. The number of alkyl carbamates (subject to hydrolysis) is 1. The molecule has 7 nitrogen and oxygen atoms in total. The molecule has 0 aliphatic carbocycles. The van der Waals surface area contributed by atoms with Crippen molar-refractivity contribution in [3.05, 3.63) is 41.6 Å². The summed E-state index contributed by atoms with van der Waals surface area (Å²) in [6.45, 7) is 5.65. The average molecular weight is 363 g/mol. The standard InChI is InChI=1S/C17H21N3O4S/c1-17(2,3)24-16(23)18-10-11-6-5-7-12(8-11)20-13(15(21)22)9-14(19-20)25-4/h5-9H,10H2,1-4H3,(H,18,23)(H,21,22). The third-order valence-corrected chi connectivity index (χ3v) is 3.72. The Labute approximate surface area is 150 Å². The van der Waals surface area contributed by atoms with Gasteiger partial charge >= 0.3 is 12.1 Å². The predicted molar refractivity (Wildman–Crippen MR) is 95.4 cm³/mol. The van der Waals surface area contributed by atoms with Gasteiger partial charge in [0.1, 0.15) is 10.6 Å². The number of hydrogen-bond donors (Lipinski definition) is 2. The van der Waals surface area contributed by atoms with E-state index in [2.05, 4.69) is 10.4 Å². The number of hydrogen-bond acceptors (Lipinski definition) is 5. The highest BCUT2D eigenvalue weighted by molar-refractivity contribution is 7.98. The van der Waals surface area contributed by atoms with Crippen molar-refractivity contribution >= 4 is 23.8 Å². The van der Waals surface area contributed by atoms with Crippen molar-refractivity contribution in [3.63, 3.8) is 0 Å². The molecule has 0 aliphatic heterocycles. The third-order valence-electron chi connectivity index (χ3n) is 3.11. The number of nitrogens with one attached hydrogen (secondary N) is 1. The number of nitrogens with zero attached hydrogens (tertiary/aromatic N) is 2. The Hall–Kier alpha value is -2.48. The van der Waals surface area contributed by atoms with E-state index >= 15 is 0 Å². The molecule has 2 rings (SSSR count). The van der Waals surface area contributed by atoms with Crippen LogP contribution in [-0.2, 0) is 11.3 Å². The Balaban J connectivity index is 2.18. The van der Waals surface area contributed by atoms with Gasteiger partial charge in [0, 0.05) is 12.6 Å². The molecule has 1 heterocycles. The molecule has 2 N–H and O–H groups in total. The Morgan fingerprint density at radius 2 is 2.04 bits per heavy atom. The van der Waals surface area contributed by atoms with Crippen molar-refractivity contribution in [2.45, 2.75) is 37.9 Å². The first-order valence-corrected chi connectivity index (χ1v) is 8.85. The van der Waals surface area contributed by atoms with Crippen LogP contribution in [0.15, 0.2) is 35.4 Å². The quantitative estimate of drug-likeness (QED) is 0.792. The number of aromatic nitrogens is 2. The average Bonchev–Trinajstić information content (AvgIpc) is 2.96. The number of carboxylic acids is 1. The molecule has 1 amide bonds. The van der Waals surface area contributed by atoms with Crippen LogP contribution in [0, 0.1) is 0 Å². The molecule has 0 aliphatic rings. The van der Waals surface area contributed by atoms with Crippen LogP contribution >= 0.6 is 11.8 Å². The summed E-state index contributed by atoms with van der Waals surface area (Å²) in [5, 5.41) is 16.9. The molecule has 0 spiro atoms. The van der Waals surface area contributed by atoms with E-state index in [1.165, 1.54) is 22.5 Å². The van der Waals surface area contributed by atoms with Crippen LogP contribution in [0.3, 0.4) is 0 Å². The summed E-state index contributed by atoms with van der Waals surface area (Å²) in [6.07, 6.45) is 1.33. The molecular weight excluding hydrogens is 342 g/mol. The highest BCUT2D eigenvalue weighted by Crippen LogP contribution is 2.19. The van der Waals surface area contributed by atoms with E-state index in [0.717, 1.165) is 5.56 Å². The van der Waals surface area contributed by atoms with E-state index in [0.29, 0.717) is 10.7 Å². The molecule has 25 heavy (non-hydrogen) atoms. The summed E-state index contributed by atoms with van der Waals surface area (Å²) in [7, 11) is 0. The number of amides is 1. The van der Waals surface area contributed by atoms with Gasteiger partial charge in [-0.3, -0.25) is 0 Å². The number of benzene rings is 1. The van der Waals surface area contributed by atoms with Crippen molar-refractivity contribution < 1.29 is 19.4 Å². The lowest BCUT2D eigenvalue weighted by atomic mass is 10.2. The minimum absolute atomic E-state index is 0.0848. The van der Waals surface area contributed by atoms with Crippen LogP contribution in [-0.4, -0.2) is 38.8 Å². The fourth-order valence-corrected chi connectivity index (χ4v) is 2.49. The van der Waals surface area contributed by atoms with Gasteiger partial charge in [-0.2, -0.15) is 5.10 Å². The summed E-state index contributed by atoms with van der Waals surface area (Å²) in [5.41, 5.74) is 0.940. The summed E-state index contributed by atoms with van der Waals surface area (Å²) in [6, 6.07) is 8.69. The smallest absolute Gasteiger partial charge is 0.407 e. The fourth-order valence-electron chi connectivity index (χ4n) is 2.09. The molecule has 8 heteroatoms. The van der Waals surface area contributed by atoms with Crippen molar-refractivity contribution in [2.75, 3.05) is 6.26 Å². The SMILES string of the molecule is CSc1cc(C(=O)O)n(-c2cccc(CNC(=O)OC(C)(C)C)c2)n1. The van der Waals surface area contributed by atoms with E-state index in [1.807, 2.05) is 12.3 Å². The molecule has 0 saturated carbocycles. The highest BCUT2D eigenvalue weighted by atomic mass is 32.2. The van der Waals surface area contributed by atoms with Crippen LogP contribution in [0.4, 0.5) is 4.79 Å². The maximum absolute atomic E-state index is 11.7. The molecule has 134 valence electrons. The first-order valence-electron chi connectivity index (χ1n) is 7.63. The van der Waals surface area contributed by atoms with Gasteiger partial charge in [-0.05, 0) is 44.7 Å². The number of rotatable bonds is 5. The largest absolute Gasteiger partial charge is 0.477 e. The topological polar surface area (TPSA) is 93.5 Å². The zero-order chi connectivity index (χ0) is 18.6. The predicted octanol–water partition coefficient (Wildman–Crippen LogP) is 3.32. The van der Waals surface area contributed by atoms with Gasteiger partial charge in [0.2, 0.25) is 0 Å². The maximum Gasteiger partial charge on any atom is 0.407 e. The molecule has 2 aromatic rings. The van der Waals surface area contributed by atoms with Gasteiger partial charge in [-0.1, -0.05) is 12.1 Å². The number of carbonyl (C=O) groups is 2. The van der Waals surface area contributed by atoms with Gasteiger partial charge < -0.3 is 15.2 Å². The zero-order valence-corrected chi connectivity index (χ0v) is 15.4. The number of thioether (sulfide) groups is 1. The van der Waals surface area contributed by atoms with Crippen molar-refractivity contribution in [1.82, 2.24) is 15.1 Å². The molecule has 0 unspecified atom stereocenters. The number of carbonyl (C=O) groups excluding carboxylic acids is 1. The second-order valence-electron chi connectivity index (χ2n) is 6.31. The van der Waals surface area contributed by atoms with Crippen LogP contribution in [0.2, 0.25) is 0 Å². The van der Waals surface area contributed by atoms with Crippen LogP contribution in [0.25, 0.3) is 5.69 Å². The minimum Gasteiger partial charge on any atom is -0.477 e. The summed E-state index contributed by atoms with van der Waals surface area (Å²) in [4.78, 5) is 23.2. The molecule has 0 fully saturated rings. The summed E-state index contributed by atoms with van der Waals surface area (Å²) >= 11 is 1.37. The second-order valence-corrected chi connectivity index (χ2v) is 7.14. The number of aromatic carboxylic acids is 1. The first-order chi connectivity index (χ1) is 11.7. The molecule has 0 bridgehead atoms. The molecular formula is C17H21N3O4S. The van der Waals surface area contributed by atoms with Crippen LogP contribution < -0.4 is 5.32 Å². The van der Waals surface area contributed by atoms with E-state index in [4.69, 9.17) is 4.74 Å². The van der Waals surface area contributed by atoms with Gasteiger partial charge in [0.05, 0.1) is 5.69 Å². The fraction of sp³-hybridized carbons (Fsp3) is 0.353. The first kappa shape index (κ1) is 18.9. The Kier molecular flexibility index (Phi) is 5.73. The minimum atomic E-state index is -1.05. The molecule has 1 aromatic heterocycles. The normalized spacial score (nSPS) is 11.2. The maximum atomic E-state index is 11.7. The van der Waals surface area contributed by atoms with Crippen molar-refractivity contribution in [1.29, 1.82) is 0 Å². The van der Waals surface area contributed by atoms with Crippen molar-refractivity contribution in [3.8, 4) is 5.69 Å². The van der Waals surface area contributed by atoms with E-state index in [9.17, 15) is 14.7 Å². The highest BCUT2D eigenvalue weighted by Gasteiger charge is 2.17. The number of ether oxygens (including phenoxy) is 1. The van der Waals surface area contributed by atoms with Gasteiger partial charge in [-0.15, -0.1) is 11.8 Å². The Morgan fingerprint density at radius 3 is 2.64 bits per heavy atom. The van der Waals surface area contributed by atoms with Crippen LogP contribution in [0.5, 0.6) is 0 Å². The van der Waals surface area contributed by atoms with E-state index in [1.54, 1.807) is 39.0 Å². The van der Waals surface area contributed by atoms with Crippen molar-refractivity contribution in [2.24, 2.45) is 0 Å². The van der Waals surface area contributed by atoms with Gasteiger partial charge in [0.15, 0.2) is 5.69 Å². The third kappa shape index (κ3) is 5.25. The molecule has 0 radical (unpaired) electrons. The molecule has 0 saturated heterocycles. The lowest BCUT2D eigenvalue weighted by Crippen LogP contribution is -2.32. The van der Waals surface area contributed by atoms with Gasteiger partial charge in [-0.25, -0.2) is 14.3 Å². The summed E-state index contributed by atoms with van der Waals surface area (Å²) < 4.78 is 6.57. The Bertz CT molecular complexity index is 780. The zero-order valence-electron chi connectivity index (χ0n) is 14.6. The van der Waals surface area contributed by atoms with Crippen LogP contribution in [0.1, 0.15) is 36.8 Å². The monoisotopic (exact) mass is 363 g/mol. The summed E-state index contributed by atoms with van der Waals surface area (Å²) in [5.74, 6) is -1.05. The molecule has 1 aromatic carbocycles.